The van der Waals surface area contributed by atoms with Crippen molar-refractivity contribution in [1.82, 2.24) is 4.98 Å². The Bertz CT molecular complexity index is 416. The van der Waals surface area contributed by atoms with Gasteiger partial charge in [0.2, 0.25) is 0 Å². The van der Waals surface area contributed by atoms with Crippen LogP contribution in [-0.2, 0) is 0 Å². The number of pyridine rings is 1. The number of aromatic nitrogens is 1. The molecule has 18 heavy (non-hydrogen) atoms. The monoisotopic (exact) mass is 265 g/mol. The second-order valence-electron chi connectivity index (χ2n) is 4.66. The number of hydrogen-bond acceptors (Lipinski definition) is 3. The molecule has 0 fully saturated rings. The standard InChI is InChI=1S/C14H23N3S/c1-4-5-6-7-8-16-14-12(13(15)18)10(2)9-11(3)17-14/h9H,4-8H2,1-3H3,(H2,15,18)(H,16,17). The Morgan fingerprint density at radius 2 is 2.06 bits per heavy atom. The summed E-state index contributed by atoms with van der Waals surface area (Å²) in [5.74, 6) is 0.830. The van der Waals surface area contributed by atoms with Gasteiger partial charge in [0.25, 0.3) is 0 Å². The molecule has 0 atom stereocenters. The van der Waals surface area contributed by atoms with Gasteiger partial charge in [-0.1, -0.05) is 38.4 Å². The van der Waals surface area contributed by atoms with Crippen LogP contribution in [0.4, 0.5) is 5.82 Å². The highest BCUT2D eigenvalue weighted by Gasteiger charge is 2.10. The van der Waals surface area contributed by atoms with Gasteiger partial charge in [0.1, 0.15) is 10.8 Å². The molecule has 3 N–H and O–H groups in total. The predicted molar refractivity (Wildman–Crippen MR) is 82.2 cm³/mol. The number of nitrogens with two attached hydrogens (primary N) is 1. The number of rotatable bonds is 7. The van der Waals surface area contributed by atoms with Crippen LogP contribution in [0.1, 0.15) is 49.4 Å². The SMILES string of the molecule is CCCCCCNc1nc(C)cc(C)c1C(N)=S. The van der Waals surface area contributed by atoms with E-state index in [2.05, 4.69) is 17.2 Å². The number of hydrogen-bond donors (Lipinski definition) is 2. The number of nitrogens with one attached hydrogen (secondary N) is 1. The first-order valence-electron chi connectivity index (χ1n) is 6.58. The zero-order chi connectivity index (χ0) is 13.5. The van der Waals surface area contributed by atoms with Crippen molar-refractivity contribution in [2.24, 2.45) is 5.73 Å². The van der Waals surface area contributed by atoms with Gasteiger partial charge >= 0.3 is 0 Å². The average molecular weight is 265 g/mol. The Hall–Kier alpha value is -1.16. The van der Waals surface area contributed by atoms with Gasteiger partial charge in [0, 0.05) is 12.2 Å². The van der Waals surface area contributed by atoms with E-state index in [9.17, 15) is 0 Å². The zero-order valence-electron chi connectivity index (χ0n) is 11.5. The van der Waals surface area contributed by atoms with Gasteiger partial charge in [-0.05, 0) is 31.9 Å². The molecule has 0 amide bonds. The number of aryl methyl sites for hydroxylation is 2. The first kappa shape index (κ1) is 14.9. The van der Waals surface area contributed by atoms with Gasteiger partial charge in [-0.3, -0.25) is 0 Å². The highest BCUT2D eigenvalue weighted by atomic mass is 32.1. The topological polar surface area (TPSA) is 50.9 Å². The summed E-state index contributed by atoms with van der Waals surface area (Å²) in [5, 5.41) is 3.36. The molecule has 0 bridgehead atoms. The minimum absolute atomic E-state index is 0.413. The molecule has 1 aromatic rings. The van der Waals surface area contributed by atoms with Gasteiger partial charge in [-0.15, -0.1) is 0 Å². The Morgan fingerprint density at radius 1 is 1.33 bits per heavy atom. The van der Waals surface area contributed by atoms with Crippen LogP contribution >= 0.6 is 12.2 Å². The van der Waals surface area contributed by atoms with Crippen molar-refractivity contribution in [2.45, 2.75) is 46.5 Å². The van der Waals surface area contributed by atoms with Crippen molar-refractivity contribution in [3.8, 4) is 0 Å². The molecule has 4 heteroatoms. The fourth-order valence-corrected chi connectivity index (χ4v) is 2.29. The quantitative estimate of drug-likeness (QED) is 0.586. The summed E-state index contributed by atoms with van der Waals surface area (Å²) in [7, 11) is 0. The van der Waals surface area contributed by atoms with Gasteiger partial charge < -0.3 is 11.1 Å². The van der Waals surface area contributed by atoms with Crippen LogP contribution in [0.2, 0.25) is 0 Å². The van der Waals surface area contributed by atoms with Crippen LogP contribution < -0.4 is 11.1 Å². The summed E-state index contributed by atoms with van der Waals surface area (Å²) in [5.41, 5.74) is 8.73. The highest BCUT2D eigenvalue weighted by molar-refractivity contribution is 7.80. The lowest BCUT2D eigenvalue weighted by Crippen LogP contribution is -2.17. The molecule has 0 aliphatic rings. The summed E-state index contributed by atoms with van der Waals surface area (Å²) in [4.78, 5) is 4.91. The molecule has 0 aromatic carbocycles. The smallest absolute Gasteiger partial charge is 0.136 e. The summed E-state index contributed by atoms with van der Waals surface area (Å²) in [6.45, 7) is 7.14. The highest BCUT2D eigenvalue weighted by Crippen LogP contribution is 2.18. The van der Waals surface area contributed by atoms with Crippen molar-refractivity contribution in [1.29, 1.82) is 0 Å². The third-order valence-corrected chi connectivity index (χ3v) is 3.12. The lowest BCUT2D eigenvalue weighted by atomic mass is 10.1. The molecule has 1 heterocycles. The third-order valence-electron chi connectivity index (χ3n) is 2.91. The molecule has 1 aromatic heterocycles. The molecule has 0 saturated carbocycles. The van der Waals surface area contributed by atoms with Crippen molar-refractivity contribution in [2.75, 3.05) is 11.9 Å². The van der Waals surface area contributed by atoms with E-state index >= 15 is 0 Å². The molecule has 3 nitrogen and oxygen atoms in total. The molecule has 0 saturated heterocycles. The fraction of sp³-hybridized carbons (Fsp3) is 0.571. The van der Waals surface area contributed by atoms with E-state index in [1.807, 2.05) is 19.9 Å². The average Bonchev–Trinajstić information content (AvgIpc) is 2.27. The van der Waals surface area contributed by atoms with Crippen molar-refractivity contribution in [3.63, 3.8) is 0 Å². The largest absolute Gasteiger partial charge is 0.389 e. The van der Waals surface area contributed by atoms with Crippen molar-refractivity contribution >= 4 is 23.0 Å². The maximum atomic E-state index is 5.77. The second-order valence-corrected chi connectivity index (χ2v) is 5.10. The van der Waals surface area contributed by atoms with E-state index in [4.69, 9.17) is 18.0 Å². The Balaban J connectivity index is 2.71. The molecule has 1 rings (SSSR count). The molecule has 0 aliphatic heterocycles. The predicted octanol–water partition coefficient (Wildman–Crippen LogP) is 3.32. The minimum Gasteiger partial charge on any atom is -0.389 e. The normalized spacial score (nSPS) is 10.4. The van der Waals surface area contributed by atoms with E-state index in [0.717, 1.165) is 35.6 Å². The van der Waals surface area contributed by atoms with E-state index in [1.165, 1.54) is 19.3 Å². The molecular formula is C14H23N3S. The minimum atomic E-state index is 0.413. The van der Waals surface area contributed by atoms with Crippen LogP contribution in [0.5, 0.6) is 0 Å². The van der Waals surface area contributed by atoms with Crippen LogP contribution in [0.15, 0.2) is 6.07 Å². The van der Waals surface area contributed by atoms with Crippen LogP contribution in [-0.4, -0.2) is 16.5 Å². The number of nitrogens with zero attached hydrogens (tertiary/aromatic N) is 1. The number of thiocarbonyl (C=S) groups is 1. The molecular weight excluding hydrogens is 242 g/mol. The lowest BCUT2D eigenvalue weighted by molar-refractivity contribution is 0.684. The number of anilines is 1. The maximum Gasteiger partial charge on any atom is 0.136 e. The van der Waals surface area contributed by atoms with E-state index in [0.29, 0.717) is 4.99 Å². The van der Waals surface area contributed by atoms with Crippen LogP contribution in [0, 0.1) is 13.8 Å². The molecule has 0 unspecified atom stereocenters. The summed E-state index contributed by atoms with van der Waals surface area (Å²) < 4.78 is 0. The van der Waals surface area contributed by atoms with Crippen LogP contribution in [0.3, 0.4) is 0 Å². The summed E-state index contributed by atoms with van der Waals surface area (Å²) in [6.07, 6.45) is 4.93. The van der Waals surface area contributed by atoms with Gasteiger partial charge in [0.15, 0.2) is 0 Å². The van der Waals surface area contributed by atoms with Crippen molar-refractivity contribution in [3.05, 3.63) is 22.9 Å². The van der Waals surface area contributed by atoms with Crippen molar-refractivity contribution < 1.29 is 0 Å². The fourth-order valence-electron chi connectivity index (χ4n) is 2.03. The van der Waals surface area contributed by atoms with E-state index in [1.54, 1.807) is 0 Å². The molecule has 0 aliphatic carbocycles. The first-order valence-corrected chi connectivity index (χ1v) is 6.99. The molecule has 100 valence electrons. The Morgan fingerprint density at radius 3 is 2.67 bits per heavy atom. The molecule has 0 radical (unpaired) electrons. The lowest BCUT2D eigenvalue weighted by Gasteiger charge is -2.13. The third kappa shape index (κ3) is 4.26. The van der Waals surface area contributed by atoms with E-state index < -0.39 is 0 Å². The maximum absolute atomic E-state index is 5.77. The van der Waals surface area contributed by atoms with Gasteiger partial charge in [-0.2, -0.15) is 0 Å². The second kappa shape index (κ2) is 7.31. The zero-order valence-corrected chi connectivity index (χ0v) is 12.4. The summed E-state index contributed by atoms with van der Waals surface area (Å²) in [6, 6.07) is 2.01. The van der Waals surface area contributed by atoms with Crippen LogP contribution in [0.25, 0.3) is 0 Å². The Kier molecular flexibility index (Phi) is 6.05. The van der Waals surface area contributed by atoms with Gasteiger partial charge in [0.05, 0.1) is 5.56 Å². The first-order chi connectivity index (χ1) is 8.56. The van der Waals surface area contributed by atoms with Gasteiger partial charge in [-0.25, -0.2) is 4.98 Å². The Labute approximate surface area is 115 Å². The number of unbranched alkanes of at least 4 members (excludes halogenated alkanes) is 3. The van der Waals surface area contributed by atoms with E-state index in [-0.39, 0.29) is 0 Å². The summed E-state index contributed by atoms with van der Waals surface area (Å²) >= 11 is 5.10. The molecule has 0 spiro atoms.